The highest BCUT2D eigenvalue weighted by Gasteiger charge is 2.05. The van der Waals surface area contributed by atoms with Crippen LogP contribution in [-0.2, 0) is 0 Å². The number of benzene rings is 2. The first kappa shape index (κ1) is 10.6. The van der Waals surface area contributed by atoms with Gasteiger partial charge in [0.25, 0.3) is 0 Å². The second kappa shape index (κ2) is 3.93. The van der Waals surface area contributed by atoms with Crippen LogP contribution in [0, 0.1) is 18.6 Å². The Hall–Kier alpha value is -1.90. The number of hydrogen-bond donors (Lipinski definition) is 1. The lowest BCUT2D eigenvalue weighted by molar-refractivity contribution is 0.432. The summed E-state index contributed by atoms with van der Waals surface area (Å²) in [5.74, 6) is -1.47. The molecule has 16 heavy (non-hydrogen) atoms. The number of aryl methyl sites for hydroxylation is 1. The summed E-state index contributed by atoms with van der Waals surface area (Å²) in [6.45, 7) is 1.77. The van der Waals surface area contributed by atoms with E-state index in [1.54, 1.807) is 19.1 Å². The molecule has 3 heteroatoms. The van der Waals surface area contributed by atoms with E-state index in [0.29, 0.717) is 11.1 Å². The SMILES string of the molecule is Cc1cc(F)cc(-c2ccc(O)c(F)c2)c1. The van der Waals surface area contributed by atoms with E-state index in [1.165, 1.54) is 24.3 Å². The minimum Gasteiger partial charge on any atom is -0.505 e. The molecule has 0 amide bonds. The fourth-order valence-corrected chi connectivity index (χ4v) is 1.59. The normalized spacial score (nSPS) is 10.4. The van der Waals surface area contributed by atoms with Crippen LogP contribution in [0.2, 0.25) is 0 Å². The Morgan fingerprint density at radius 2 is 1.69 bits per heavy atom. The van der Waals surface area contributed by atoms with Crippen LogP contribution in [0.1, 0.15) is 5.56 Å². The van der Waals surface area contributed by atoms with Gasteiger partial charge in [-0.2, -0.15) is 0 Å². The quantitative estimate of drug-likeness (QED) is 0.777. The molecular weight excluding hydrogens is 210 g/mol. The molecule has 0 aliphatic heterocycles. The molecule has 0 unspecified atom stereocenters. The van der Waals surface area contributed by atoms with Crippen molar-refractivity contribution in [1.29, 1.82) is 0 Å². The maximum absolute atomic E-state index is 13.2. The molecule has 1 N–H and O–H groups in total. The monoisotopic (exact) mass is 220 g/mol. The van der Waals surface area contributed by atoms with E-state index in [2.05, 4.69) is 0 Å². The summed E-state index contributed by atoms with van der Waals surface area (Å²) >= 11 is 0. The van der Waals surface area contributed by atoms with E-state index in [1.807, 2.05) is 0 Å². The van der Waals surface area contributed by atoms with Crippen LogP contribution in [0.3, 0.4) is 0 Å². The summed E-state index contributed by atoms with van der Waals surface area (Å²) in [5, 5.41) is 9.05. The summed E-state index contributed by atoms with van der Waals surface area (Å²) in [5.41, 5.74) is 1.90. The highest BCUT2D eigenvalue weighted by molar-refractivity contribution is 5.65. The predicted molar refractivity (Wildman–Crippen MR) is 58.2 cm³/mol. The summed E-state index contributed by atoms with van der Waals surface area (Å²) in [6.07, 6.45) is 0. The molecule has 0 saturated carbocycles. The maximum Gasteiger partial charge on any atom is 0.165 e. The Labute approximate surface area is 92.0 Å². The number of phenols is 1. The van der Waals surface area contributed by atoms with Crippen LogP contribution >= 0.6 is 0 Å². The zero-order chi connectivity index (χ0) is 11.7. The number of phenolic OH excluding ortho intramolecular Hbond substituents is 1. The van der Waals surface area contributed by atoms with Gasteiger partial charge < -0.3 is 5.11 Å². The van der Waals surface area contributed by atoms with Crippen molar-refractivity contribution in [3.63, 3.8) is 0 Å². The van der Waals surface area contributed by atoms with Crippen LogP contribution in [0.25, 0.3) is 11.1 Å². The van der Waals surface area contributed by atoms with E-state index in [-0.39, 0.29) is 5.82 Å². The van der Waals surface area contributed by atoms with Crippen molar-refractivity contribution in [1.82, 2.24) is 0 Å². The average Bonchev–Trinajstić information content (AvgIpc) is 2.20. The standard InChI is InChI=1S/C13H10F2O/c1-8-4-10(6-11(14)5-8)9-2-3-13(16)12(15)7-9/h2-7,16H,1H3. The van der Waals surface area contributed by atoms with Gasteiger partial charge in [0.15, 0.2) is 11.6 Å². The molecular formula is C13H10F2O. The smallest absolute Gasteiger partial charge is 0.165 e. The van der Waals surface area contributed by atoms with E-state index in [0.717, 1.165) is 5.56 Å². The Morgan fingerprint density at radius 1 is 0.938 bits per heavy atom. The zero-order valence-electron chi connectivity index (χ0n) is 8.67. The van der Waals surface area contributed by atoms with Crippen LogP contribution in [0.4, 0.5) is 8.78 Å². The molecule has 2 aromatic carbocycles. The lowest BCUT2D eigenvalue weighted by Gasteiger charge is -2.04. The number of aromatic hydroxyl groups is 1. The molecule has 0 bridgehead atoms. The lowest BCUT2D eigenvalue weighted by Crippen LogP contribution is -1.85. The second-order valence-electron chi connectivity index (χ2n) is 3.68. The molecule has 0 aliphatic rings. The Kier molecular flexibility index (Phi) is 2.60. The molecule has 1 nitrogen and oxygen atoms in total. The lowest BCUT2D eigenvalue weighted by atomic mass is 10.0. The van der Waals surface area contributed by atoms with E-state index < -0.39 is 11.6 Å². The first-order valence-electron chi connectivity index (χ1n) is 4.82. The molecule has 0 heterocycles. The average molecular weight is 220 g/mol. The number of halogens is 2. The first-order chi connectivity index (χ1) is 7.56. The summed E-state index contributed by atoms with van der Waals surface area (Å²) in [4.78, 5) is 0. The van der Waals surface area contributed by atoms with Gasteiger partial charge in [0.1, 0.15) is 5.82 Å². The molecule has 0 spiro atoms. The van der Waals surface area contributed by atoms with Crippen molar-refractivity contribution in [2.24, 2.45) is 0 Å². The minimum absolute atomic E-state index is 0.358. The van der Waals surface area contributed by atoms with Crippen molar-refractivity contribution in [3.8, 4) is 16.9 Å². The summed E-state index contributed by atoms with van der Waals surface area (Å²) < 4.78 is 26.3. The third-order valence-corrected chi connectivity index (χ3v) is 2.32. The van der Waals surface area contributed by atoms with Crippen molar-refractivity contribution in [3.05, 3.63) is 53.6 Å². The molecule has 0 saturated heterocycles. The molecule has 0 radical (unpaired) electrons. The predicted octanol–water partition coefficient (Wildman–Crippen LogP) is 3.65. The molecule has 0 aromatic heterocycles. The van der Waals surface area contributed by atoms with Gasteiger partial charge >= 0.3 is 0 Å². The summed E-state index contributed by atoms with van der Waals surface area (Å²) in [6, 6.07) is 8.48. The topological polar surface area (TPSA) is 20.2 Å². The molecule has 82 valence electrons. The summed E-state index contributed by atoms with van der Waals surface area (Å²) in [7, 11) is 0. The van der Waals surface area contributed by atoms with Gasteiger partial charge in [-0.1, -0.05) is 12.1 Å². The van der Waals surface area contributed by atoms with Gasteiger partial charge in [0.05, 0.1) is 0 Å². The fourth-order valence-electron chi connectivity index (χ4n) is 1.59. The van der Waals surface area contributed by atoms with Gasteiger partial charge in [0, 0.05) is 0 Å². The van der Waals surface area contributed by atoms with E-state index in [4.69, 9.17) is 5.11 Å². The Balaban J connectivity index is 2.54. The van der Waals surface area contributed by atoms with Gasteiger partial charge in [-0.15, -0.1) is 0 Å². The number of rotatable bonds is 1. The van der Waals surface area contributed by atoms with Crippen LogP contribution in [-0.4, -0.2) is 5.11 Å². The third kappa shape index (κ3) is 2.03. The van der Waals surface area contributed by atoms with Crippen LogP contribution in [0.5, 0.6) is 5.75 Å². The van der Waals surface area contributed by atoms with Crippen LogP contribution in [0.15, 0.2) is 36.4 Å². The van der Waals surface area contributed by atoms with Gasteiger partial charge in [-0.25, -0.2) is 8.78 Å². The van der Waals surface area contributed by atoms with Crippen molar-refractivity contribution < 1.29 is 13.9 Å². The van der Waals surface area contributed by atoms with Gasteiger partial charge in [-0.3, -0.25) is 0 Å². The fraction of sp³-hybridized carbons (Fsp3) is 0.0769. The first-order valence-corrected chi connectivity index (χ1v) is 4.82. The zero-order valence-corrected chi connectivity index (χ0v) is 8.67. The Morgan fingerprint density at radius 3 is 2.31 bits per heavy atom. The molecule has 0 aliphatic carbocycles. The van der Waals surface area contributed by atoms with E-state index in [9.17, 15) is 8.78 Å². The highest BCUT2D eigenvalue weighted by atomic mass is 19.1. The second-order valence-corrected chi connectivity index (χ2v) is 3.68. The van der Waals surface area contributed by atoms with Crippen molar-refractivity contribution in [2.75, 3.05) is 0 Å². The maximum atomic E-state index is 13.2. The van der Waals surface area contributed by atoms with Crippen molar-refractivity contribution >= 4 is 0 Å². The van der Waals surface area contributed by atoms with Crippen molar-refractivity contribution in [2.45, 2.75) is 6.92 Å². The van der Waals surface area contributed by atoms with Crippen LogP contribution < -0.4 is 0 Å². The molecule has 2 aromatic rings. The minimum atomic E-state index is -0.709. The van der Waals surface area contributed by atoms with E-state index >= 15 is 0 Å². The molecule has 0 atom stereocenters. The van der Waals surface area contributed by atoms with Gasteiger partial charge in [-0.05, 0) is 47.9 Å². The third-order valence-electron chi connectivity index (χ3n) is 2.32. The molecule has 0 fully saturated rings. The highest BCUT2D eigenvalue weighted by Crippen LogP contribution is 2.26. The molecule has 2 rings (SSSR count). The number of hydrogen-bond acceptors (Lipinski definition) is 1. The Bertz CT molecular complexity index is 515. The van der Waals surface area contributed by atoms with Gasteiger partial charge in [0.2, 0.25) is 0 Å². The largest absolute Gasteiger partial charge is 0.505 e.